The molecule has 1 aromatic carbocycles. The maximum atomic E-state index is 11.1. The molecule has 0 saturated heterocycles. The Balaban J connectivity index is 2.78. The third-order valence-corrected chi connectivity index (χ3v) is 2.47. The van der Waals surface area contributed by atoms with Crippen molar-refractivity contribution in [1.82, 2.24) is 0 Å². The van der Waals surface area contributed by atoms with E-state index in [1.54, 1.807) is 0 Å². The highest BCUT2D eigenvalue weighted by Crippen LogP contribution is 2.18. The average Bonchev–Trinajstić information content (AvgIpc) is 2.18. The second-order valence-electron chi connectivity index (χ2n) is 3.46. The molecule has 0 spiro atoms. The SMILES string of the molecule is CC(C)c1cccc(NC(=O)CBr)c1. The van der Waals surface area contributed by atoms with Crippen LogP contribution in [0.5, 0.6) is 0 Å². The van der Waals surface area contributed by atoms with Gasteiger partial charge >= 0.3 is 0 Å². The molecular weight excluding hydrogens is 242 g/mol. The fraction of sp³-hybridized carbons (Fsp3) is 0.364. The third kappa shape index (κ3) is 3.14. The van der Waals surface area contributed by atoms with E-state index >= 15 is 0 Å². The van der Waals surface area contributed by atoms with Crippen LogP contribution in [0.4, 0.5) is 5.69 Å². The minimum Gasteiger partial charge on any atom is -0.325 e. The van der Waals surface area contributed by atoms with Crippen LogP contribution in [0.2, 0.25) is 0 Å². The number of rotatable bonds is 3. The summed E-state index contributed by atoms with van der Waals surface area (Å²) in [6.07, 6.45) is 0. The summed E-state index contributed by atoms with van der Waals surface area (Å²) in [5, 5.41) is 3.13. The van der Waals surface area contributed by atoms with Crippen LogP contribution < -0.4 is 5.32 Å². The highest BCUT2D eigenvalue weighted by atomic mass is 79.9. The Morgan fingerprint density at radius 1 is 1.50 bits per heavy atom. The molecule has 0 saturated carbocycles. The lowest BCUT2D eigenvalue weighted by Gasteiger charge is -2.08. The van der Waals surface area contributed by atoms with Crippen LogP contribution in [0.1, 0.15) is 25.3 Å². The summed E-state index contributed by atoms with van der Waals surface area (Å²) >= 11 is 3.11. The van der Waals surface area contributed by atoms with E-state index in [-0.39, 0.29) is 5.91 Å². The zero-order valence-electron chi connectivity index (χ0n) is 8.38. The Hall–Kier alpha value is -0.830. The fourth-order valence-electron chi connectivity index (χ4n) is 1.17. The highest BCUT2D eigenvalue weighted by Gasteiger charge is 2.02. The number of nitrogens with one attached hydrogen (secondary N) is 1. The molecule has 0 bridgehead atoms. The van der Waals surface area contributed by atoms with Crippen molar-refractivity contribution >= 4 is 27.5 Å². The maximum absolute atomic E-state index is 11.1. The van der Waals surface area contributed by atoms with Gasteiger partial charge in [0.2, 0.25) is 5.91 Å². The number of anilines is 1. The first-order chi connectivity index (χ1) is 6.63. The number of amides is 1. The molecule has 0 aliphatic carbocycles. The lowest BCUT2D eigenvalue weighted by Crippen LogP contribution is -2.12. The van der Waals surface area contributed by atoms with Gasteiger partial charge in [-0.05, 0) is 23.6 Å². The molecule has 1 N–H and O–H groups in total. The molecule has 76 valence electrons. The quantitative estimate of drug-likeness (QED) is 0.827. The first kappa shape index (κ1) is 11.2. The van der Waals surface area contributed by atoms with Crippen LogP contribution in [-0.2, 0) is 4.79 Å². The van der Waals surface area contributed by atoms with E-state index < -0.39 is 0 Å². The Morgan fingerprint density at radius 2 is 2.21 bits per heavy atom. The Morgan fingerprint density at radius 3 is 2.79 bits per heavy atom. The van der Waals surface area contributed by atoms with Gasteiger partial charge in [-0.2, -0.15) is 0 Å². The Bertz CT molecular complexity index is 323. The van der Waals surface area contributed by atoms with Crippen LogP contribution in [-0.4, -0.2) is 11.2 Å². The van der Waals surface area contributed by atoms with E-state index in [0.717, 1.165) is 5.69 Å². The molecule has 3 heteroatoms. The number of halogens is 1. The molecular formula is C11H14BrNO. The molecule has 1 aromatic rings. The summed E-state index contributed by atoms with van der Waals surface area (Å²) in [5.74, 6) is 0.460. The van der Waals surface area contributed by atoms with Gasteiger partial charge in [-0.25, -0.2) is 0 Å². The van der Waals surface area contributed by atoms with E-state index in [2.05, 4.69) is 41.2 Å². The Labute approximate surface area is 92.8 Å². The van der Waals surface area contributed by atoms with Crippen molar-refractivity contribution in [1.29, 1.82) is 0 Å². The summed E-state index contributed by atoms with van der Waals surface area (Å²) in [6, 6.07) is 7.92. The van der Waals surface area contributed by atoms with Crippen molar-refractivity contribution in [2.24, 2.45) is 0 Å². The van der Waals surface area contributed by atoms with E-state index in [1.807, 2.05) is 18.2 Å². The molecule has 0 aromatic heterocycles. The number of carbonyl (C=O) groups is 1. The van der Waals surface area contributed by atoms with E-state index in [9.17, 15) is 4.79 Å². The topological polar surface area (TPSA) is 29.1 Å². The first-order valence-electron chi connectivity index (χ1n) is 4.59. The van der Waals surface area contributed by atoms with Crippen molar-refractivity contribution in [2.45, 2.75) is 19.8 Å². The van der Waals surface area contributed by atoms with Gasteiger partial charge in [-0.3, -0.25) is 4.79 Å². The maximum Gasteiger partial charge on any atom is 0.235 e. The molecule has 14 heavy (non-hydrogen) atoms. The van der Waals surface area contributed by atoms with E-state index in [4.69, 9.17) is 0 Å². The molecule has 0 unspecified atom stereocenters. The van der Waals surface area contributed by atoms with E-state index in [1.165, 1.54) is 5.56 Å². The molecule has 2 nitrogen and oxygen atoms in total. The van der Waals surface area contributed by atoms with Crippen LogP contribution in [0.3, 0.4) is 0 Å². The average molecular weight is 256 g/mol. The van der Waals surface area contributed by atoms with Gasteiger partial charge in [0.15, 0.2) is 0 Å². The van der Waals surface area contributed by atoms with Gasteiger partial charge in [0.05, 0.1) is 5.33 Å². The van der Waals surface area contributed by atoms with Crippen molar-refractivity contribution in [3.63, 3.8) is 0 Å². The number of hydrogen-bond donors (Lipinski definition) is 1. The molecule has 1 amide bonds. The lowest BCUT2D eigenvalue weighted by molar-refractivity contribution is -0.113. The lowest BCUT2D eigenvalue weighted by atomic mass is 10.0. The number of benzene rings is 1. The normalized spacial score (nSPS) is 10.3. The van der Waals surface area contributed by atoms with Crippen LogP contribution in [0, 0.1) is 0 Å². The van der Waals surface area contributed by atoms with Crippen LogP contribution >= 0.6 is 15.9 Å². The molecule has 0 aliphatic rings. The van der Waals surface area contributed by atoms with Crippen LogP contribution in [0.25, 0.3) is 0 Å². The molecule has 0 aliphatic heterocycles. The number of carbonyl (C=O) groups excluding carboxylic acids is 1. The minimum atomic E-state index is -0.0223. The van der Waals surface area contributed by atoms with Gasteiger partial charge in [-0.15, -0.1) is 0 Å². The first-order valence-corrected chi connectivity index (χ1v) is 5.71. The smallest absolute Gasteiger partial charge is 0.235 e. The predicted octanol–water partition coefficient (Wildman–Crippen LogP) is 3.14. The number of alkyl halides is 1. The highest BCUT2D eigenvalue weighted by molar-refractivity contribution is 9.09. The van der Waals surface area contributed by atoms with Gasteiger partial charge in [0.25, 0.3) is 0 Å². The van der Waals surface area contributed by atoms with Gasteiger partial charge in [0.1, 0.15) is 0 Å². The Kier molecular flexibility index (Phi) is 4.14. The molecule has 1 rings (SSSR count). The monoisotopic (exact) mass is 255 g/mol. The van der Waals surface area contributed by atoms with Crippen molar-refractivity contribution in [2.75, 3.05) is 10.6 Å². The van der Waals surface area contributed by atoms with Gasteiger partial charge < -0.3 is 5.32 Å². The van der Waals surface area contributed by atoms with Crippen molar-refractivity contribution in [3.8, 4) is 0 Å². The summed E-state index contributed by atoms with van der Waals surface area (Å²) < 4.78 is 0. The number of hydrogen-bond acceptors (Lipinski definition) is 1. The van der Waals surface area contributed by atoms with Crippen molar-refractivity contribution < 1.29 is 4.79 Å². The summed E-state index contributed by atoms with van der Waals surface area (Å²) in [6.45, 7) is 4.26. The van der Waals surface area contributed by atoms with Gasteiger partial charge in [-0.1, -0.05) is 41.9 Å². The molecule has 0 fully saturated rings. The van der Waals surface area contributed by atoms with Gasteiger partial charge in [0, 0.05) is 5.69 Å². The van der Waals surface area contributed by atoms with Crippen molar-refractivity contribution in [3.05, 3.63) is 29.8 Å². The van der Waals surface area contributed by atoms with E-state index in [0.29, 0.717) is 11.2 Å². The fourth-order valence-corrected chi connectivity index (χ4v) is 1.31. The summed E-state index contributed by atoms with van der Waals surface area (Å²) in [4.78, 5) is 11.1. The second kappa shape index (κ2) is 5.15. The predicted molar refractivity (Wildman–Crippen MR) is 63.0 cm³/mol. The zero-order valence-corrected chi connectivity index (χ0v) is 9.97. The van der Waals surface area contributed by atoms with Crippen LogP contribution in [0.15, 0.2) is 24.3 Å². The standard InChI is InChI=1S/C11H14BrNO/c1-8(2)9-4-3-5-10(6-9)13-11(14)7-12/h3-6,8H,7H2,1-2H3,(H,13,14). The zero-order chi connectivity index (χ0) is 10.6. The molecule has 0 atom stereocenters. The minimum absolute atomic E-state index is 0.0223. The third-order valence-electron chi connectivity index (χ3n) is 1.96. The molecule has 0 radical (unpaired) electrons. The molecule has 0 heterocycles. The summed E-state index contributed by atoms with van der Waals surface area (Å²) in [5.41, 5.74) is 2.10. The largest absolute Gasteiger partial charge is 0.325 e. The summed E-state index contributed by atoms with van der Waals surface area (Å²) in [7, 11) is 0. The second-order valence-corrected chi connectivity index (χ2v) is 4.02.